The molecule has 2 atom stereocenters. The van der Waals surface area contributed by atoms with Crippen molar-refractivity contribution in [3.05, 3.63) is 0 Å². The molecule has 68 valence electrons. The van der Waals surface area contributed by atoms with E-state index < -0.39 is 0 Å². The van der Waals surface area contributed by atoms with Crippen LogP contribution in [0.25, 0.3) is 0 Å². The predicted octanol–water partition coefficient (Wildman–Crippen LogP) is -0.0325. The van der Waals surface area contributed by atoms with Gasteiger partial charge in [0.2, 0.25) is 0 Å². The van der Waals surface area contributed by atoms with Crippen LogP contribution in [0.4, 0.5) is 0 Å². The van der Waals surface area contributed by atoms with Gasteiger partial charge in [0, 0.05) is 11.8 Å². The lowest BCUT2D eigenvalue weighted by atomic mass is 9.99. The zero-order valence-corrected chi connectivity index (χ0v) is 7.41. The first-order chi connectivity index (χ1) is 5.66. The van der Waals surface area contributed by atoms with Crippen molar-refractivity contribution in [1.29, 1.82) is 0 Å². The Morgan fingerprint density at radius 3 is 2.92 bits per heavy atom. The number of aliphatic imine (C=N–C) groups is 1. The fraction of sp³-hybridized carbons (Fsp3) is 0.750. The minimum Gasteiger partial charge on any atom is -0.465 e. The molecule has 1 rings (SSSR count). The zero-order valence-electron chi connectivity index (χ0n) is 7.41. The van der Waals surface area contributed by atoms with Crippen LogP contribution in [-0.2, 0) is 9.53 Å². The third-order valence-electron chi connectivity index (χ3n) is 1.97. The summed E-state index contributed by atoms with van der Waals surface area (Å²) in [5.74, 6) is -0.561. The topological polar surface area (TPSA) is 64.7 Å². The van der Waals surface area contributed by atoms with E-state index in [-0.39, 0.29) is 17.9 Å². The second-order valence-corrected chi connectivity index (χ2v) is 2.88. The number of hydrogen-bond donors (Lipinski definition) is 1. The summed E-state index contributed by atoms with van der Waals surface area (Å²) in [6.07, 6.45) is 0. The molecule has 0 spiro atoms. The molecular formula is C8H14N2O2. The van der Waals surface area contributed by atoms with Crippen molar-refractivity contribution in [2.45, 2.75) is 19.9 Å². The molecule has 0 aromatic carbocycles. The molecule has 12 heavy (non-hydrogen) atoms. The molecule has 0 amide bonds. The molecule has 0 saturated carbocycles. The summed E-state index contributed by atoms with van der Waals surface area (Å²) in [5, 5.41) is 0. The van der Waals surface area contributed by atoms with Gasteiger partial charge in [0.25, 0.3) is 0 Å². The largest absolute Gasteiger partial charge is 0.465 e. The van der Waals surface area contributed by atoms with E-state index in [9.17, 15) is 4.79 Å². The number of rotatable bonds is 2. The maximum Gasteiger partial charge on any atom is 0.316 e. The van der Waals surface area contributed by atoms with Crippen molar-refractivity contribution in [2.75, 3.05) is 13.2 Å². The van der Waals surface area contributed by atoms with Gasteiger partial charge in [0.05, 0.1) is 13.2 Å². The normalized spacial score (nSPS) is 28.4. The van der Waals surface area contributed by atoms with E-state index in [0.717, 1.165) is 5.71 Å². The van der Waals surface area contributed by atoms with Crippen LogP contribution in [0.3, 0.4) is 0 Å². The molecule has 0 aliphatic carbocycles. The molecule has 0 fully saturated rings. The van der Waals surface area contributed by atoms with Crippen LogP contribution in [0.5, 0.6) is 0 Å². The first-order valence-electron chi connectivity index (χ1n) is 4.10. The molecule has 0 bridgehead atoms. The van der Waals surface area contributed by atoms with Gasteiger partial charge in [-0.25, -0.2) is 0 Å². The highest BCUT2D eigenvalue weighted by Crippen LogP contribution is 2.14. The van der Waals surface area contributed by atoms with Gasteiger partial charge in [-0.05, 0) is 13.8 Å². The predicted molar refractivity (Wildman–Crippen MR) is 46.1 cm³/mol. The minimum atomic E-state index is -0.315. The molecule has 2 unspecified atom stereocenters. The van der Waals surface area contributed by atoms with E-state index in [1.807, 2.05) is 6.92 Å². The van der Waals surface area contributed by atoms with Crippen LogP contribution in [0, 0.1) is 5.92 Å². The highest BCUT2D eigenvalue weighted by Gasteiger charge is 2.33. The Bertz CT molecular complexity index is 213. The number of hydrogen-bond acceptors (Lipinski definition) is 4. The van der Waals surface area contributed by atoms with E-state index in [4.69, 9.17) is 10.5 Å². The second kappa shape index (κ2) is 3.67. The van der Waals surface area contributed by atoms with Crippen molar-refractivity contribution in [3.8, 4) is 0 Å². The maximum atomic E-state index is 11.3. The Hall–Kier alpha value is -0.900. The maximum absolute atomic E-state index is 11.3. The monoisotopic (exact) mass is 170 g/mol. The van der Waals surface area contributed by atoms with Gasteiger partial charge in [0.1, 0.15) is 5.92 Å². The molecule has 2 N–H and O–H groups in total. The quantitative estimate of drug-likeness (QED) is 0.592. The lowest BCUT2D eigenvalue weighted by molar-refractivity contribution is -0.145. The van der Waals surface area contributed by atoms with Crippen LogP contribution in [0.2, 0.25) is 0 Å². The number of carbonyl (C=O) groups excluding carboxylic acids is 1. The van der Waals surface area contributed by atoms with Gasteiger partial charge in [-0.3, -0.25) is 9.79 Å². The Balaban J connectivity index is 2.61. The number of esters is 1. The first-order valence-corrected chi connectivity index (χ1v) is 4.10. The van der Waals surface area contributed by atoms with Gasteiger partial charge in [-0.1, -0.05) is 0 Å². The molecule has 0 radical (unpaired) electrons. The first kappa shape index (κ1) is 9.19. The minimum absolute atomic E-state index is 0.191. The molecule has 1 aliphatic heterocycles. The Labute approximate surface area is 71.8 Å². The van der Waals surface area contributed by atoms with E-state index in [0.29, 0.717) is 13.2 Å². The van der Waals surface area contributed by atoms with Gasteiger partial charge in [-0.2, -0.15) is 0 Å². The summed E-state index contributed by atoms with van der Waals surface area (Å²) in [6, 6.07) is -0.191. The average Bonchev–Trinajstić information content (AvgIpc) is 2.32. The number of nitrogens with zero attached hydrogens (tertiary/aromatic N) is 1. The van der Waals surface area contributed by atoms with Gasteiger partial charge in [0.15, 0.2) is 0 Å². The number of ether oxygens (including phenoxy) is 1. The van der Waals surface area contributed by atoms with Crippen LogP contribution in [0.15, 0.2) is 4.99 Å². The summed E-state index contributed by atoms with van der Waals surface area (Å²) < 4.78 is 4.87. The summed E-state index contributed by atoms with van der Waals surface area (Å²) in [4.78, 5) is 15.4. The zero-order chi connectivity index (χ0) is 9.14. The Morgan fingerprint density at radius 2 is 2.50 bits per heavy atom. The number of nitrogens with two attached hydrogens (primary N) is 1. The summed E-state index contributed by atoms with van der Waals surface area (Å²) in [5.41, 5.74) is 6.48. The van der Waals surface area contributed by atoms with Crippen LogP contribution in [0.1, 0.15) is 13.8 Å². The second-order valence-electron chi connectivity index (χ2n) is 2.88. The van der Waals surface area contributed by atoms with Crippen molar-refractivity contribution in [3.63, 3.8) is 0 Å². The third-order valence-corrected chi connectivity index (χ3v) is 1.97. The van der Waals surface area contributed by atoms with Gasteiger partial charge < -0.3 is 10.5 Å². The third kappa shape index (κ3) is 1.64. The summed E-state index contributed by atoms with van der Waals surface area (Å²) in [6.45, 7) is 4.53. The molecule has 4 heteroatoms. The molecule has 0 aromatic heterocycles. The van der Waals surface area contributed by atoms with Crippen molar-refractivity contribution < 1.29 is 9.53 Å². The standard InChI is InChI=1S/C8H14N2O2/c1-3-12-8(11)7-5(2)10-4-6(7)9/h6-7H,3-4,9H2,1-2H3. The Morgan fingerprint density at radius 1 is 1.83 bits per heavy atom. The van der Waals surface area contributed by atoms with E-state index >= 15 is 0 Å². The fourth-order valence-electron chi connectivity index (χ4n) is 1.34. The van der Waals surface area contributed by atoms with Crippen molar-refractivity contribution >= 4 is 11.7 Å². The van der Waals surface area contributed by atoms with Crippen molar-refractivity contribution in [2.24, 2.45) is 16.6 Å². The summed E-state index contributed by atoms with van der Waals surface area (Å²) >= 11 is 0. The van der Waals surface area contributed by atoms with Crippen LogP contribution in [-0.4, -0.2) is 30.9 Å². The molecule has 0 saturated heterocycles. The van der Waals surface area contributed by atoms with Crippen LogP contribution >= 0.6 is 0 Å². The molecule has 1 heterocycles. The molecule has 1 aliphatic rings. The SMILES string of the molecule is CCOC(=O)C1C(C)=NCC1N. The van der Waals surface area contributed by atoms with E-state index in [2.05, 4.69) is 4.99 Å². The smallest absolute Gasteiger partial charge is 0.316 e. The van der Waals surface area contributed by atoms with Gasteiger partial charge in [-0.15, -0.1) is 0 Å². The van der Waals surface area contributed by atoms with E-state index in [1.54, 1.807) is 6.92 Å². The van der Waals surface area contributed by atoms with Crippen LogP contribution < -0.4 is 5.73 Å². The average molecular weight is 170 g/mol. The lowest BCUT2D eigenvalue weighted by Gasteiger charge is -2.13. The molecule has 4 nitrogen and oxygen atoms in total. The van der Waals surface area contributed by atoms with Crippen molar-refractivity contribution in [1.82, 2.24) is 0 Å². The lowest BCUT2D eigenvalue weighted by Crippen LogP contribution is -2.38. The van der Waals surface area contributed by atoms with Gasteiger partial charge >= 0.3 is 5.97 Å². The highest BCUT2D eigenvalue weighted by molar-refractivity contribution is 6.03. The molecule has 0 aromatic rings. The fourth-order valence-corrected chi connectivity index (χ4v) is 1.34. The molecular weight excluding hydrogens is 156 g/mol. The summed E-state index contributed by atoms with van der Waals surface area (Å²) in [7, 11) is 0. The highest BCUT2D eigenvalue weighted by atomic mass is 16.5. The Kier molecular flexibility index (Phi) is 2.81. The van der Waals surface area contributed by atoms with E-state index in [1.165, 1.54) is 0 Å². The number of carbonyl (C=O) groups is 1.